The summed E-state index contributed by atoms with van der Waals surface area (Å²) in [6, 6.07) is 4.22. The second kappa shape index (κ2) is 6.58. The minimum atomic E-state index is 0.680. The van der Waals surface area contributed by atoms with Crippen molar-refractivity contribution in [3.8, 4) is 0 Å². The first-order valence-corrected chi connectivity index (χ1v) is 7.99. The molecular formula is C17H25N3O. The number of fused-ring (bicyclic) bond motifs is 1. The van der Waals surface area contributed by atoms with Gasteiger partial charge in [-0.15, -0.1) is 0 Å². The summed E-state index contributed by atoms with van der Waals surface area (Å²) in [5.74, 6) is 0.680. The van der Waals surface area contributed by atoms with Crippen LogP contribution in [0.1, 0.15) is 31.0 Å². The molecule has 0 amide bonds. The van der Waals surface area contributed by atoms with Crippen molar-refractivity contribution in [2.24, 2.45) is 5.92 Å². The summed E-state index contributed by atoms with van der Waals surface area (Å²) < 4.78 is 7.82. The molecule has 21 heavy (non-hydrogen) atoms. The van der Waals surface area contributed by atoms with Crippen LogP contribution in [0.3, 0.4) is 0 Å². The third kappa shape index (κ3) is 3.27. The number of nitrogens with zero attached hydrogens (tertiary/aromatic N) is 3. The van der Waals surface area contributed by atoms with Gasteiger partial charge in [0.2, 0.25) is 0 Å². The van der Waals surface area contributed by atoms with Crippen LogP contribution >= 0.6 is 0 Å². The Hall–Kier alpha value is -1.39. The van der Waals surface area contributed by atoms with Crippen molar-refractivity contribution < 1.29 is 4.74 Å². The zero-order valence-electron chi connectivity index (χ0n) is 13.1. The number of likely N-dealkylation sites (tertiary alicyclic amines) is 1. The highest BCUT2D eigenvalue weighted by Gasteiger charge is 2.21. The smallest absolute Gasteiger partial charge is 0.139 e. The lowest BCUT2D eigenvalue weighted by Crippen LogP contribution is -2.37. The zero-order chi connectivity index (χ0) is 14.7. The minimum Gasteiger partial charge on any atom is -0.381 e. The van der Waals surface area contributed by atoms with E-state index in [1.54, 1.807) is 0 Å². The standard InChI is InChI=1S/C17H25N3O/c1-3-21-13-15-7-5-8-19(11-15)12-16-10-18-17-14(2)6-4-9-20(16)17/h4,6,9-10,15H,3,5,7-8,11-13H2,1-2H3. The Kier molecular flexibility index (Phi) is 4.56. The Morgan fingerprint density at radius 1 is 1.43 bits per heavy atom. The summed E-state index contributed by atoms with van der Waals surface area (Å²) >= 11 is 0. The second-order valence-corrected chi connectivity index (χ2v) is 6.04. The Morgan fingerprint density at radius 2 is 2.33 bits per heavy atom. The molecule has 0 aliphatic carbocycles. The van der Waals surface area contributed by atoms with Crippen molar-refractivity contribution in [1.82, 2.24) is 14.3 Å². The van der Waals surface area contributed by atoms with Crippen molar-refractivity contribution in [2.45, 2.75) is 33.2 Å². The van der Waals surface area contributed by atoms with Gasteiger partial charge in [-0.05, 0) is 50.8 Å². The van der Waals surface area contributed by atoms with Crippen LogP contribution in [-0.2, 0) is 11.3 Å². The van der Waals surface area contributed by atoms with Crippen LogP contribution in [0.15, 0.2) is 24.5 Å². The number of pyridine rings is 1. The van der Waals surface area contributed by atoms with Gasteiger partial charge in [0.1, 0.15) is 5.65 Å². The lowest BCUT2D eigenvalue weighted by molar-refractivity contribution is 0.0642. The molecule has 0 N–H and O–H groups in total. The summed E-state index contributed by atoms with van der Waals surface area (Å²) in [6.45, 7) is 9.21. The molecule has 2 aromatic rings. The maximum atomic E-state index is 5.60. The molecule has 4 heteroatoms. The van der Waals surface area contributed by atoms with Gasteiger partial charge >= 0.3 is 0 Å². The molecule has 1 atom stereocenters. The second-order valence-electron chi connectivity index (χ2n) is 6.04. The predicted molar refractivity (Wildman–Crippen MR) is 84.4 cm³/mol. The fourth-order valence-corrected chi connectivity index (χ4v) is 3.26. The van der Waals surface area contributed by atoms with Gasteiger partial charge in [-0.3, -0.25) is 4.90 Å². The van der Waals surface area contributed by atoms with Gasteiger partial charge in [0.05, 0.1) is 18.5 Å². The maximum absolute atomic E-state index is 5.60. The molecule has 0 aromatic carbocycles. The van der Waals surface area contributed by atoms with E-state index in [0.29, 0.717) is 5.92 Å². The Labute approximate surface area is 126 Å². The summed E-state index contributed by atoms with van der Waals surface area (Å²) in [5, 5.41) is 0. The fourth-order valence-electron chi connectivity index (χ4n) is 3.26. The molecule has 3 heterocycles. The van der Waals surface area contributed by atoms with Crippen LogP contribution in [0.4, 0.5) is 0 Å². The first-order valence-electron chi connectivity index (χ1n) is 7.99. The van der Waals surface area contributed by atoms with Crippen LogP contribution in [-0.4, -0.2) is 40.6 Å². The highest BCUT2D eigenvalue weighted by atomic mass is 16.5. The van der Waals surface area contributed by atoms with Crippen molar-refractivity contribution in [3.63, 3.8) is 0 Å². The summed E-state index contributed by atoms with van der Waals surface area (Å²) in [5.41, 5.74) is 3.60. The monoisotopic (exact) mass is 287 g/mol. The molecule has 1 saturated heterocycles. The van der Waals surface area contributed by atoms with E-state index in [0.717, 1.165) is 32.0 Å². The molecule has 3 rings (SSSR count). The highest BCUT2D eigenvalue weighted by molar-refractivity contribution is 5.48. The van der Waals surface area contributed by atoms with Crippen molar-refractivity contribution in [2.75, 3.05) is 26.3 Å². The molecule has 0 saturated carbocycles. The van der Waals surface area contributed by atoms with Crippen molar-refractivity contribution >= 4 is 5.65 Å². The van der Waals surface area contributed by atoms with E-state index < -0.39 is 0 Å². The number of ether oxygens (including phenoxy) is 1. The van der Waals surface area contributed by atoms with Gasteiger partial charge in [-0.2, -0.15) is 0 Å². The van der Waals surface area contributed by atoms with Crippen LogP contribution < -0.4 is 0 Å². The SMILES string of the molecule is CCOCC1CCCN(Cc2cnc3c(C)cccn23)C1. The maximum Gasteiger partial charge on any atom is 0.139 e. The first kappa shape index (κ1) is 14.5. The summed E-state index contributed by atoms with van der Waals surface area (Å²) in [6.07, 6.45) is 6.71. The molecule has 0 bridgehead atoms. The van der Waals surface area contributed by atoms with Crippen molar-refractivity contribution in [3.05, 3.63) is 35.8 Å². The number of imidazole rings is 1. The van der Waals surface area contributed by atoms with Gasteiger partial charge in [0, 0.05) is 25.9 Å². The van der Waals surface area contributed by atoms with E-state index in [1.165, 1.54) is 30.6 Å². The van der Waals surface area contributed by atoms with E-state index in [4.69, 9.17) is 4.74 Å². The van der Waals surface area contributed by atoms with E-state index in [-0.39, 0.29) is 0 Å². The Bertz CT molecular complexity index is 593. The normalized spacial score (nSPS) is 20.2. The number of piperidine rings is 1. The molecule has 1 fully saturated rings. The van der Waals surface area contributed by atoms with Gasteiger partial charge in [-0.1, -0.05) is 6.07 Å². The van der Waals surface area contributed by atoms with E-state index in [2.05, 4.69) is 46.5 Å². The average molecular weight is 287 g/mol. The Balaban J connectivity index is 1.69. The lowest BCUT2D eigenvalue weighted by atomic mass is 9.99. The lowest BCUT2D eigenvalue weighted by Gasteiger charge is -2.32. The van der Waals surface area contributed by atoms with Gasteiger partial charge in [0.15, 0.2) is 0 Å². The number of aromatic nitrogens is 2. The van der Waals surface area contributed by atoms with Gasteiger partial charge in [0.25, 0.3) is 0 Å². The number of aryl methyl sites for hydroxylation is 1. The largest absolute Gasteiger partial charge is 0.381 e. The molecule has 1 aliphatic rings. The van der Waals surface area contributed by atoms with Crippen LogP contribution in [0.2, 0.25) is 0 Å². The first-order chi connectivity index (χ1) is 10.3. The number of rotatable bonds is 5. The molecule has 0 spiro atoms. The van der Waals surface area contributed by atoms with Crippen LogP contribution in [0, 0.1) is 12.8 Å². The average Bonchev–Trinajstić information content (AvgIpc) is 2.90. The summed E-state index contributed by atoms with van der Waals surface area (Å²) in [4.78, 5) is 7.10. The highest BCUT2D eigenvalue weighted by Crippen LogP contribution is 2.20. The number of hydrogen-bond acceptors (Lipinski definition) is 3. The molecule has 4 nitrogen and oxygen atoms in total. The molecular weight excluding hydrogens is 262 g/mol. The van der Waals surface area contributed by atoms with Crippen molar-refractivity contribution in [1.29, 1.82) is 0 Å². The van der Waals surface area contributed by atoms with Crippen LogP contribution in [0.5, 0.6) is 0 Å². The quantitative estimate of drug-likeness (QED) is 0.847. The minimum absolute atomic E-state index is 0.680. The molecule has 1 unspecified atom stereocenters. The fraction of sp³-hybridized carbons (Fsp3) is 0.588. The third-order valence-electron chi connectivity index (χ3n) is 4.35. The molecule has 2 aromatic heterocycles. The number of hydrogen-bond donors (Lipinski definition) is 0. The Morgan fingerprint density at radius 3 is 3.19 bits per heavy atom. The predicted octanol–water partition coefficient (Wildman–Crippen LogP) is 2.89. The zero-order valence-corrected chi connectivity index (χ0v) is 13.1. The van der Waals surface area contributed by atoms with E-state index in [9.17, 15) is 0 Å². The topological polar surface area (TPSA) is 29.8 Å². The van der Waals surface area contributed by atoms with E-state index >= 15 is 0 Å². The molecule has 0 radical (unpaired) electrons. The molecule has 1 aliphatic heterocycles. The van der Waals surface area contributed by atoms with E-state index in [1.807, 2.05) is 6.20 Å². The van der Waals surface area contributed by atoms with Crippen LogP contribution in [0.25, 0.3) is 5.65 Å². The summed E-state index contributed by atoms with van der Waals surface area (Å²) in [7, 11) is 0. The van der Waals surface area contributed by atoms with Gasteiger partial charge in [-0.25, -0.2) is 4.98 Å². The molecule has 114 valence electrons. The third-order valence-corrected chi connectivity index (χ3v) is 4.35. The van der Waals surface area contributed by atoms with Gasteiger partial charge < -0.3 is 9.14 Å².